The molecule has 0 radical (unpaired) electrons. The minimum atomic E-state index is -0.00638. The van der Waals surface area contributed by atoms with E-state index in [0.29, 0.717) is 6.54 Å². The maximum atomic E-state index is 12.6. The number of carbonyl (C=O) groups is 1. The zero-order valence-electron chi connectivity index (χ0n) is 17.9. The molecular formula is C26H29NO3S. The van der Waals surface area contributed by atoms with Gasteiger partial charge in [-0.1, -0.05) is 24.3 Å². The molecule has 1 amide bonds. The van der Waals surface area contributed by atoms with Crippen LogP contribution in [0.5, 0.6) is 11.5 Å². The Kier molecular flexibility index (Phi) is 5.86. The second kappa shape index (κ2) is 8.91. The average molecular weight is 436 g/mol. The molecule has 1 aromatic heterocycles. The van der Waals surface area contributed by atoms with E-state index in [1.165, 1.54) is 33.4 Å². The number of nitrogens with one attached hydrogen (secondary N) is 1. The van der Waals surface area contributed by atoms with Crippen molar-refractivity contribution < 1.29 is 14.3 Å². The molecule has 0 unspecified atom stereocenters. The van der Waals surface area contributed by atoms with Gasteiger partial charge in [0.25, 0.3) is 0 Å². The van der Waals surface area contributed by atoms with Gasteiger partial charge in [-0.05, 0) is 73.7 Å². The number of ether oxygens (including phenoxy) is 2. The van der Waals surface area contributed by atoms with E-state index < -0.39 is 0 Å². The lowest BCUT2D eigenvalue weighted by Gasteiger charge is -2.30. The van der Waals surface area contributed by atoms with Gasteiger partial charge < -0.3 is 14.8 Å². The van der Waals surface area contributed by atoms with E-state index in [-0.39, 0.29) is 23.8 Å². The summed E-state index contributed by atoms with van der Waals surface area (Å²) in [4.78, 5) is 13.9. The van der Waals surface area contributed by atoms with Gasteiger partial charge in [-0.2, -0.15) is 0 Å². The van der Waals surface area contributed by atoms with Crippen molar-refractivity contribution in [3.63, 3.8) is 0 Å². The van der Waals surface area contributed by atoms with Crippen molar-refractivity contribution in [3.05, 3.63) is 59.0 Å². The van der Waals surface area contributed by atoms with Crippen LogP contribution in [0, 0.1) is 5.92 Å². The molecule has 1 N–H and O–H groups in total. The molecule has 3 aromatic rings. The molecule has 0 bridgehead atoms. The molecule has 0 spiro atoms. The molecule has 2 heterocycles. The van der Waals surface area contributed by atoms with Crippen molar-refractivity contribution in [2.24, 2.45) is 5.92 Å². The Hall–Kier alpha value is -2.53. The second-order valence-electron chi connectivity index (χ2n) is 8.76. The third-order valence-electron chi connectivity index (χ3n) is 6.64. The maximum absolute atomic E-state index is 12.6. The van der Waals surface area contributed by atoms with E-state index in [2.05, 4.69) is 47.8 Å². The normalized spacial score (nSPS) is 21.9. The van der Waals surface area contributed by atoms with Crippen molar-refractivity contribution in [2.75, 3.05) is 13.7 Å². The van der Waals surface area contributed by atoms with Crippen LogP contribution in [0.4, 0.5) is 0 Å². The van der Waals surface area contributed by atoms with Crippen LogP contribution < -0.4 is 14.8 Å². The van der Waals surface area contributed by atoms with Crippen LogP contribution in [0.15, 0.2) is 48.5 Å². The molecule has 2 aliphatic rings. The highest BCUT2D eigenvalue weighted by Gasteiger charge is 2.30. The van der Waals surface area contributed by atoms with Gasteiger partial charge in [0.05, 0.1) is 13.2 Å². The number of benzene rings is 2. The van der Waals surface area contributed by atoms with Gasteiger partial charge in [0, 0.05) is 28.0 Å². The summed E-state index contributed by atoms with van der Waals surface area (Å²) in [5.74, 6) is 2.08. The number of thiophene rings is 1. The second-order valence-corrected chi connectivity index (χ2v) is 9.93. The van der Waals surface area contributed by atoms with Crippen molar-refractivity contribution in [2.45, 2.75) is 50.5 Å². The van der Waals surface area contributed by atoms with Gasteiger partial charge in [0.15, 0.2) is 11.5 Å². The quantitative estimate of drug-likeness (QED) is 0.541. The monoisotopic (exact) mass is 435 g/mol. The molecule has 2 atom stereocenters. The summed E-state index contributed by atoms with van der Waals surface area (Å²) in [5, 5.41) is 4.41. The fourth-order valence-electron chi connectivity index (χ4n) is 4.94. The Morgan fingerprint density at radius 2 is 1.90 bits per heavy atom. The third kappa shape index (κ3) is 4.42. The number of rotatable bonds is 6. The van der Waals surface area contributed by atoms with Crippen molar-refractivity contribution in [1.82, 2.24) is 5.32 Å². The summed E-state index contributed by atoms with van der Waals surface area (Å²) in [6.07, 6.45) is 6.64. The summed E-state index contributed by atoms with van der Waals surface area (Å²) in [6.45, 7) is 0.678. The molecule has 2 fully saturated rings. The van der Waals surface area contributed by atoms with Crippen molar-refractivity contribution in [3.8, 4) is 11.5 Å². The Labute approximate surface area is 187 Å². The molecule has 4 nitrogen and oxygen atoms in total. The van der Waals surface area contributed by atoms with Crippen LogP contribution in [0.2, 0.25) is 0 Å². The van der Waals surface area contributed by atoms with E-state index in [1.807, 2.05) is 6.07 Å². The standard InChI is InChI=1S/C26H29NO3S/c1-29-23-11-10-17(15-24(23)30-21-7-3-4-8-21)20-12-19(26(28)27-16-20)14-22-13-18-6-2-5-9-25(18)31-22/h2,5-6,9-11,13,15,19-21H,3-4,7-8,12,14,16H2,1H3,(H,27,28)/t19-,20+/m0/s1. The van der Waals surface area contributed by atoms with Crippen LogP contribution in [-0.2, 0) is 11.2 Å². The van der Waals surface area contributed by atoms with Gasteiger partial charge >= 0.3 is 0 Å². The molecule has 5 heteroatoms. The first-order valence-electron chi connectivity index (χ1n) is 11.3. The molecule has 1 aliphatic carbocycles. The molecule has 162 valence electrons. The third-order valence-corrected chi connectivity index (χ3v) is 7.78. The summed E-state index contributed by atoms with van der Waals surface area (Å²) >= 11 is 1.80. The molecule has 2 aromatic carbocycles. The first kappa shape index (κ1) is 20.4. The molecule has 1 saturated heterocycles. The Bertz CT molecular complexity index is 1040. The number of hydrogen-bond donors (Lipinski definition) is 1. The predicted octanol–water partition coefficient (Wildman–Crippen LogP) is 5.69. The number of fused-ring (bicyclic) bond motifs is 1. The van der Waals surface area contributed by atoms with Crippen LogP contribution in [0.1, 0.15) is 48.5 Å². The summed E-state index contributed by atoms with van der Waals surface area (Å²) in [5.41, 5.74) is 1.22. The van der Waals surface area contributed by atoms with Crippen LogP contribution in [0.25, 0.3) is 10.1 Å². The average Bonchev–Trinajstić information content (AvgIpc) is 3.44. The Morgan fingerprint density at radius 3 is 2.71 bits per heavy atom. The fraction of sp³-hybridized carbons (Fsp3) is 0.423. The highest BCUT2D eigenvalue weighted by molar-refractivity contribution is 7.19. The maximum Gasteiger partial charge on any atom is 0.223 e. The topological polar surface area (TPSA) is 47.6 Å². The largest absolute Gasteiger partial charge is 0.493 e. The zero-order chi connectivity index (χ0) is 21.2. The number of carbonyl (C=O) groups excluding carboxylic acids is 1. The summed E-state index contributed by atoms with van der Waals surface area (Å²) in [7, 11) is 1.69. The van der Waals surface area contributed by atoms with Crippen LogP contribution in [-0.4, -0.2) is 25.7 Å². The number of amides is 1. The predicted molar refractivity (Wildman–Crippen MR) is 125 cm³/mol. The lowest BCUT2D eigenvalue weighted by atomic mass is 9.83. The van der Waals surface area contributed by atoms with Gasteiger partial charge in [0.2, 0.25) is 5.91 Å². The molecular weight excluding hydrogens is 406 g/mol. The van der Waals surface area contributed by atoms with Crippen molar-refractivity contribution in [1.29, 1.82) is 0 Å². The smallest absolute Gasteiger partial charge is 0.223 e. The SMILES string of the molecule is COc1ccc([C@H]2CNC(=O)[C@H](Cc3cc4ccccc4s3)C2)cc1OC1CCCC1. The minimum Gasteiger partial charge on any atom is -0.493 e. The van der Waals surface area contributed by atoms with Gasteiger partial charge in [-0.25, -0.2) is 0 Å². The molecule has 1 aliphatic heterocycles. The molecule has 1 saturated carbocycles. The zero-order valence-corrected chi connectivity index (χ0v) is 18.8. The highest BCUT2D eigenvalue weighted by Crippen LogP contribution is 2.37. The lowest BCUT2D eigenvalue weighted by Crippen LogP contribution is -2.41. The fourth-order valence-corrected chi connectivity index (χ4v) is 6.08. The van der Waals surface area contributed by atoms with Crippen molar-refractivity contribution >= 4 is 27.3 Å². The van der Waals surface area contributed by atoms with Crippen LogP contribution >= 0.6 is 11.3 Å². The lowest BCUT2D eigenvalue weighted by molar-refractivity contribution is -0.126. The van der Waals surface area contributed by atoms with Gasteiger partial charge in [-0.3, -0.25) is 4.79 Å². The first-order valence-corrected chi connectivity index (χ1v) is 12.1. The summed E-state index contributed by atoms with van der Waals surface area (Å²) in [6, 6.07) is 16.9. The van der Waals surface area contributed by atoms with E-state index in [4.69, 9.17) is 9.47 Å². The first-order chi connectivity index (χ1) is 15.2. The van der Waals surface area contributed by atoms with E-state index in [1.54, 1.807) is 18.4 Å². The number of hydrogen-bond acceptors (Lipinski definition) is 4. The van der Waals surface area contributed by atoms with E-state index in [0.717, 1.165) is 37.2 Å². The number of methoxy groups -OCH3 is 1. The Morgan fingerprint density at radius 1 is 1.06 bits per heavy atom. The highest BCUT2D eigenvalue weighted by atomic mass is 32.1. The van der Waals surface area contributed by atoms with E-state index >= 15 is 0 Å². The number of piperidine rings is 1. The van der Waals surface area contributed by atoms with E-state index in [9.17, 15) is 4.79 Å². The van der Waals surface area contributed by atoms with Crippen LogP contribution in [0.3, 0.4) is 0 Å². The summed E-state index contributed by atoms with van der Waals surface area (Å²) < 4.78 is 13.1. The Balaban J connectivity index is 1.33. The minimum absolute atomic E-state index is 0.00638. The van der Waals surface area contributed by atoms with Gasteiger partial charge in [-0.15, -0.1) is 11.3 Å². The van der Waals surface area contributed by atoms with Gasteiger partial charge in [0.1, 0.15) is 0 Å². The molecule has 5 rings (SSSR count). The molecule has 31 heavy (non-hydrogen) atoms.